The Balaban J connectivity index is 1.75. The maximum absolute atomic E-state index is 10.6. The van der Waals surface area contributed by atoms with Gasteiger partial charge in [-0.3, -0.25) is 10.1 Å². The highest BCUT2D eigenvalue weighted by atomic mass is 35.5. The fourth-order valence-corrected chi connectivity index (χ4v) is 2.30. The summed E-state index contributed by atoms with van der Waals surface area (Å²) in [6.45, 7) is 2.07. The van der Waals surface area contributed by atoms with Crippen molar-refractivity contribution in [2.24, 2.45) is 0 Å². The van der Waals surface area contributed by atoms with Crippen molar-refractivity contribution < 1.29 is 9.66 Å². The molecule has 0 atom stereocenters. The highest BCUT2D eigenvalue weighted by Crippen LogP contribution is 2.22. The molecule has 0 fully saturated rings. The molecule has 2 N–H and O–H groups in total. The van der Waals surface area contributed by atoms with Crippen LogP contribution in [0, 0.1) is 10.1 Å². The van der Waals surface area contributed by atoms with E-state index in [4.69, 9.17) is 16.3 Å². The van der Waals surface area contributed by atoms with Crippen LogP contribution in [0.25, 0.3) is 0 Å². The Bertz CT molecular complexity index is 662. The van der Waals surface area contributed by atoms with Gasteiger partial charge < -0.3 is 15.4 Å². The number of methoxy groups -OCH3 is 1. The number of non-ortho nitro benzene ring substituents is 1. The number of hydrogen-bond donors (Lipinski definition) is 2. The lowest BCUT2D eigenvalue weighted by Gasteiger charge is -2.11. The summed E-state index contributed by atoms with van der Waals surface area (Å²) in [5.74, 6) is 0.797. The van der Waals surface area contributed by atoms with Crippen LogP contribution in [0.1, 0.15) is 5.56 Å². The topological polar surface area (TPSA) is 76.4 Å². The van der Waals surface area contributed by atoms with Crippen LogP contribution in [0.4, 0.5) is 11.4 Å². The number of nitro groups is 1. The van der Waals surface area contributed by atoms with Gasteiger partial charge in [-0.05, 0) is 30.3 Å². The fourth-order valence-electron chi connectivity index (χ4n) is 2.10. The molecule has 0 aromatic heterocycles. The van der Waals surface area contributed by atoms with Crippen molar-refractivity contribution in [3.63, 3.8) is 0 Å². The molecule has 0 bridgehead atoms. The molecule has 0 radical (unpaired) electrons. The molecule has 0 amide bonds. The van der Waals surface area contributed by atoms with Crippen molar-refractivity contribution in [3.05, 3.63) is 63.2 Å². The molecule has 2 aromatic rings. The summed E-state index contributed by atoms with van der Waals surface area (Å²) in [5.41, 5.74) is 1.93. The van der Waals surface area contributed by atoms with Gasteiger partial charge in [0, 0.05) is 48.0 Å². The molecular formula is C16H18ClN3O3. The number of nitro benzene ring substituents is 1. The molecule has 0 saturated carbocycles. The molecule has 0 aliphatic carbocycles. The lowest BCUT2D eigenvalue weighted by atomic mass is 10.2. The fraction of sp³-hybridized carbons (Fsp3) is 0.250. The smallest absolute Gasteiger partial charge is 0.269 e. The molecule has 6 nitrogen and oxygen atoms in total. The van der Waals surface area contributed by atoms with E-state index in [1.807, 2.05) is 12.1 Å². The van der Waals surface area contributed by atoms with Gasteiger partial charge in [0.15, 0.2) is 0 Å². The maximum atomic E-state index is 10.6. The van der Waals surface area contributed by atoms with E-state index in [0.29, 0.717) is 18.1 Å². The van der Waals surface area contributed by atoms with Gasteiger partial charge in [0.25, 0.3) is 5.69 Å². The van der Waals surface area contributed by atoms with E-state index in [2.05, 4.69) is 10.6 Å². The normalized spacial score (nSPS) is 10.3. The summed E-state index contributed by atoms with van der Waals surface area (Å²) in [7, 11) is 1.63. The number of anilines is 1. The molecule has 2 aromatic carbocycles. The zero-order chi connectivity index (χ0) is 16.7. The van der Waals surface area contributed by atoms with Crippen molar-refractivity contribution in [3.8, 4) is 5.75 Å². The lowest BCUT2D eigenvalue weighted by molar-refractivity contribution is -0.384. The van der Waals surface area contributed by atoms with Crippen LogP contribution in [0.15, 0.2) is 42.5 Å². The van der Waals surface area contributed by atoms with E-state index >= 15 is 0 Å². The predicted molar refractivity (Wildman–Crippen MR) is 91.3 cm³/mol. The summed E-state index contributed by atoms with van der Waals surface area (Å²) < 4.78 is 5.29. The third kappa shape index (κ3) is 5.12. The lowest BCUT2D eigenvalue weighted by Crippen LogP contribution is -2.22. The molecule has 23 heavy (non-hydrogen) atoms. The Hall–Kier alpha value is -2.31. The van der Waals surface area contributed by atoms with Crippen molar-refractivity contribution in [2.45, 2.75) is 6.54 Å². The van der Waals surface area contributed by atoms with E-state index in [9.17, 15) is 10.1 Å². The number of hydrogen-bond acceptors (Lipinski definition) is 5. The molecule has 7 heteroatoms. The second kappa shape index (κ2) is 8.36. The van der Waals surface area contributed by atoms with Gasteiger partial charge in [-0.25, -0.2) is 0 Å². The van der Waals surface area contributed by atoms with Crippen molar-refractivity contribution >= 4 is 23.0 Å². The van der Waals surface area contributed by atoms with E-state index in [1.54, 1.807) is 25.3 Å². The third-order valence-electron chi connectivity index (χ3n) is 3.27. The maximum Gasteiger partial charge on any atom is 0.269 e. The van der Waals surface area contributed by atoms with Crippen molar-refractivity contribution in [1.82, 2.24) is 5.32 Å². The molecule has 0 heterocycles. The molecule has 2 rings (SSSR count). The number of halogens is 1. The summed E-state index contributed by atoms with van der Waals surface area (Å²) in [6.07, 6.45) is 0. The average molecular weight is 336 g/mol. The molecule has 0 aliphatic rings. The van der Waals surface area contributed by atoms with Crippen LogP contribution in [0.2, 0.25) is 5.02 Å². The molecule has 0 aliphatic heterocycles. The first-order valence-corrected chi connectivity index (χ1v) is 7.49. The average Bonchev–Trinajstić information content (AvgIpc) is 2.55. The van der Waals surface area contributed by atoms with Gasteiger partial charge in [-0.2, -0.15) is 0 Å². The van der Waals surface area contributed by atoms with E-state index in [1.165, 1.54) is 12.1 Å². The highest BCUT2D eigenvalue weighted by Gasteiger charge is 2.04. The van der Waals surface area contributed by atoms with E-state index in [0.717, 1.165) is 23.5 Å². The van der Waals surface area contributed by atoms with Crippen molar-refractivity contribution in [1.29, 1.82) is 0 Å². The first kappa shape index (κ1) is 17.1. The third-order valence-corrected chi connectivity index (χ3v) is 3.50. The van der Waals surface area contributed by atoms with Gasteiger partial charge in [0.1, 0.15) is 5.75 Å². The first-order valence-electron chi connectivity index (χ1n) is 7.11. The number of nitrogens with one attached hydrogen (secondary N) is 2. The largest absolute Gasteiger partial charge is 0.496 e. The minimum atomic E-state index is -0.413. The second-order valence-electron chi connectivity index (χ2n) is 4.86. The van der Waals surface area contributed by atoms with Crippen LogP contribution >= 0.6 is 11.6 Å². The summed E-state index contributed by atoms with van der Waals surface area (Å²) >= 11 is 5.99. The Kier molecular flexibility index (Phi) is 6.19. The van der Waals surface area contributed by atoms with Crippen LogP contribution in [0.5, 0.6) is 5.75 Å². The van der Waals surface area contributed by atoms with Gasteiger partial charge in [0.2, 0.25) is 0 Å². The predicted octanol–water partition coefficient (Wildman–Crippen LogP) is 3.46. The highest BCUT2D eigenvalue weighted by molar-refractivity contribution is 6.30. The van der Waals surface area contributed by atoms with Crippen LogP contribution in [-0.2, 0) is 6.54 Å². The molecule has 0 saturated heterocycles. The summed E-state index contributed by atoms with van der Waals surface area (Å²) in [5, 5.41) is 17.7. The zero-order valence-electron chi connectivity index (χ0n) is 12.7. The zero-order valence-corrected chi connectivity index (χ0v) is 13.5. The van der Waals surface area contributed by atoms with E-state index < -0.39 is 4.92 Å². The minimum Gasteiger partial charge on any atom is -0.496 e. The summed E-state index contributed by atoms with van der Waals surface area (Å²) in [6, 6.07) is 11.8. The number of benzene rings is 2. The Morgan fingerprint density at radius 2 is 1.91 bits per heavy atom. The molecule has 0 spiro atoms. The summed E-state index contributed by atoms with van der Waals surface area (Å²) in [4.78, 5) is 10.2. The first-order chi connectivity index (χ1) is 11.1. The Morgan fingerprint density at radius 1 is 1.17 bits per heavy atom. The molecule has 0 unspecified atom stereocenters. The number of ether oxygens (including phenoxy) is 1. The van der Waals surface area contributed by atoms with Crippen LogP contribution in [0.3, 0.4) is 0 Å². The molecular weight excluding hydrogens is 318 g/mol. The second-order valence-corrected chi connectivity index (χ2v) is 5.30. The minimum absolute atomic E-state index is 0.0849. The Morgan fingerprint density at radius 3 is 2.57 bits per heavy atom. The number of rotatable bonds is 8. The monoisotopic (exact) mass is 335 g/mol. The Labute approximate surface area is 139 Å². The quantitative estimate of drug-likeness (QED) is 0.439. The van der Waals surface area contributed by atoms with Crippen molar-refractivity contribution in [2.75, 3.05) is 25.5 Å². The number of nitrogens with zero attached hydrogens (tertiary/aromatic N) is 1. The van der Waals surface area contributed by atoms with Crippen LogP contribution in [-0.4, -0.2) is 25.1 Å². The van der Waals surface area contributed by atoms with Gasteiger partial charge in [0.05, 0.1) is 12.0 Å². The van der Waals surface area contributed by atoms with Gasteiger partial charge in [-0.15, -0.1) is 0 Å². The molecule has 122 valence electrons. The van der Waals surface area contributed by atoms with Crippen LogP contribution < -0.4 is 15.4 Å². The van der Waals surface area contributed by atoms with Gasteiger partial charge >= 0.3 is 0 Å². The standard InChI is InChI=1S/C16H18ClN3O3/c1-23-16-7-2-13(17)10-12(16)11-18-8-9-19-14-3-5-15(6-4-14)20(21)22/h2-7,10,18-19H,8-9,11H2,1H3. The van der Waals surface area contributed by atoms with E-state index in [-0.39, 0.29) is 5.69 Å². The van der Waals surface area contributed by atoms with Gasteiger partial charge in [-0.1, -0.05) is 11.6 Å². The SMILES string of the molecule is COc1ccc(Cl)cc1CNCCNc1ccc([N+](=O)[O-])cc1.